The van der Waals surface area contributed by atoms with Crippen molar-refractivity contribution in [1.29, 1.82) is 0 Å². The monoisotopic (exact) mass is 491 g/mol. The molecule has 0 bridgehead atoms. The predicted molar refractivity (Wildman–Crippen MR) is 137 cm³/mol. The quantitative estimate of drug-likeness (QED) is 0.280. The van der Waals surface area contributed by atoms with E-state index >= 15 is 0 Å². The van der Waals surface area contributed by atoms with E-state index in [2.05, 4.69) is 23.6 Å². The molecule has 1 saturated heterocycles. The first-order chi connectivity index (χ1) is 17.4. The Morgan fingerprint density at radius 2 is 1.81 bits per heavy atom. The molecule has 1 aliphatic heterocycles. The van der Waals surface area contributed by atoms with Crippen molar-refractivity contribution >= 4 is 17.6 Å². The van der Waals surface area contributed by atoms with Gasteiger partial charge in [-0.3, -0.25) is 14.9 Å². The average molecular weight is 492 g/mol. The van der Waals surface area contributed by atoms with Crippen LogP contribution in [0.25, 0.3) is 0 Å². The van der Waals surface area contributed by atoms with Gasteiger partial charge in [0, 0.05) is 57.2 Å². The van der Waals surface area contributed by atoms with Crippen LogP contribution in [-0.4, -0.2) is 58.8 Å². The zero-order valence-electron chi connectivity index (χ0n) is 20.5. The van der Waals surface area contributed by atoms with E-state index < -0.39 is 11.0 Å². The summed E-state index contributed by atoms with van der Waals surface area (Å²) in [6.07, 6.45) is 4.22. The number of Topliss-reactive ketones (excluding diaryl/α,β-unsaturated/α-hetero) is 1. The maximum Gasteiger partial charge on any atom is 0.410 e. The van der Waals surface area contributed by atoms with Gasteiger partial charge in [0.05, 0.1) is 4.92 Å². The van der Waals surface area contributed by atoms with Crippen LogP contribution in [-0.2, 0) is 16.1 Å². The van der Waals surface area contributed by atoms with Gasteiger partial charge < -0.3 is 14.5 Å². The van der Waals surface area contributed by atoms with Crippen LogP contribution < -0.4 is 0 Å². The van der Waals surface area contributed by atoms with Gasteiger partial charge in [-0.1, -0.05) is 36.4 Å². The fourth-order valence-electron chi connectivity index (χ4n) is 5.41. The Bertz CT molecular complexity index is 1060. The SMILES string of the molecule is C=CCN(C(=O)OCc1ccc([N+](=O)[O-])cc1)C1CCN(CC2CC(=O)CC2c2ccccc2)CC1. The summed E-state index contributed by atoms with van der Waals surface area (Å²) < 4.78 is 5.52. The Hall–Kier alpha value is -3.52. The number of ether oxygens (including phenoxy) is 1. The number of rotatable bonds is 9. The predicted octanol–water partition coefficient (Wildman–Crippen LogP) is 4.95. The summed E-state index contributed by atoms with van der Waals surface area (Å²) in [5, 5.41) is 10.8. The first kappa shape index (κ1) is 25.6. The normalized spacial score (nSPS) is 20.7. The first-order valence-corrected chi connectivity index (χ1v) is 12.5. The van der Waals surface area contributed by atoms with Crippen molar-refractivity contribution in [2.75, 3.05) is 26.2 Å². The summed E-state index contributed by atoms with van der Waals surface area (Å²) in [5.41, 5.74) is 1.94. The molecule has 4 rings (SSSR count). The maximum absolute atomic E-state index is 12.9. The van der Waals surface area contributed by atoms with Crippen molar-refractivity contribution in [1.82, 2.24) is 9.80 Å². The Morgan fingerprint density at radius 1 is 1.11 bits per heavy atom. The summed E-state index contributed by atoms with van der Waals surface area (Å²) in [5.74, 6) is 0.951. The number of non-ortho nitro benzene ring substituents is 1. The molecule has 190 valence electrons. The Labute approximate surface area is 211 Å². The van der Waals surface area contributed by atoms with Crippen LogP contribution in [0.1, 0.15) is 42.7 Å². The van der Waals surface area contributed by atoms with Crippen molar-refractivity contribution in [2.45, 2.75) is 44.2 Å². The van der Waals surface area contributed by atoms with Gasteiger partial charge in [-0.15, -0.1) is 6.58 Å². The van der Waals surface area contributed by atoms with Crippen molar-refractivity contribution in [2.24, 2.45) is 5.92 Å². The second-order valence-corrected chi connectivity index (χ2v) is 9.68. The second kappa shape index (κ2) is 11.9. The number of nitro benzene ring substituents is 1. The number of carbonyl (C=O) groups is 2. The van der Waals surface area contributed by atoms with E-state index in [1.807, 2.05) is 18.2 Å². The zero-order valence-corrected chi connectivity index (χ0v) is 20.5. The zero-order chi connectivity index (χ0) is 25.5. The number of hydrogen-bond donors (Lipinski definition) is 0. The third-order valence-electron chi connectivity index (χ3n) is 7.29. The van der Waals surface area contributed by atoms with E-state index in [9.17, 15) is 19.7 Å². The molecule has 8 nitrogen and oxygen atoms in total. The summed E-state index contributed by atoms with van der Waals surface area (Å²) in [6, 6.07) is 16.4. The molecule has 2 atom stereocenters. The molecule has 2 fully saturated rings. The van der Waals surface area contributed by atoms with Gasteiger partial charge in [-0.25, -0.2) is 4.79 Å². The van der Waals surface area contributed by atoms with Crippen LogP contribution >= 0.6 is 0 Å². The molecule has 1 heterocycles. The van der Waals surface area contributed by atoms with Crippen LogP contribution in [0.5, 0.6) is 0 Å². The minimum absolute atomic E-state index is 0.00202. The van der Waals surface area contributed by atoms with Gasteiger partial charge in [0.1, 0.15) is 12.4 Å². The van der Waals surface area contributed by atoms with Gasteiger partial charge in [0.25, 0.3) is 5.69 Å². The number of carbonyl (C=O) groups excluding carboxylic acids is 2. The molecule has 0 spiro atoms. The number of nitrogens with zero attached hydrogens (tertiary/aromatic N) is 3. The summed E-state index contributed by atoms with van der Waals surface area (Å²) >= 11 is 0. The number of benzene rings is 2. The molecule has 1 amide bonds. The molecule has 2 unspecified atom stereocenters. The summed E-state index contributed by atoms with van der Waals surface area (Å²) in [4.78, 5) is 39.6. The topological polar surface area (TPSA) is 93.0 Å². The minimum Gasteiger partial charge on any atom is -0.445 e. The molecule has 1 saturated carbocycles. The lowest BCUT2D eigenvalue weighted by Gasteiger charge is -2.39. The van der Waals surface area contributed by atoms with Crippen molar-refractivity contribution < 1.29 is 19.2 Å². The average Bonchev–Trinajstić information content (AvgIpc) is 3.27. The molecule has 2 aromatic rings. The van der Waals surface area contributed by atoms with Crippen LogP contribution in [0, 0.1) is 16.0 Å². The molecule has 0 aromatic heterocycles. The highest BCUT2D eigenvalue weighted by Gasteiger charge is 2.36. The smallest absolute Gasteiger partial charge is 0.410 e. The van der Waals surface area contributed by atoms with Gasteiger partial charge >= 0.3 is 6.09 Å². The van der Waals surface area contributed by atoms with E-state index in [4.69, 9.17) is 4.74 Å². The highest BCUT2D eigenvalue weighted by atomic mass is 16.6. The lowest BCUT2D eigenvalue weighted by molar-refractivity contribution is -0.384. The second-order valence-electron chi connectivity index (χ2n) is 9.68. The van der Waals surface area contributed by atoms with Gasteiger partial charge in [0.2, 0.25) is 0 Å². The number of amides is 1. The summed E-state index contributed by atoms with van der Waals surface area (Å²) in [7, 11) is 0. The van der Waals surface area contributed by atoms with Crippen molar-refractivity contribution in [3.63, 3.8) is 0 Å². The number of hydrogen-bond acceptors (Lipinski definition) is 6. The molecule has 0 radical (unpaired) electrons. The van der Waals surface area contributed by atoms with Gasteiger partial charge in [0.15, 0.2) is 0 Å². The highest BCUT2D eigenvalue weighted by Crippen LogP contribution is 2.38. The van der Waals surface area contributed by atoms with E-state index in [0.29, 0.717) is 36.7 Å². The lowest BCUT2D eigenvalue weighted by Crippen LogP contribution is -2.48. The fraction of sp³-hybridized carbons (Fsp3) is 0.429. The Kier molecular flexibility index (Phi) is 8.48. The Morgan fingerprint density at radius 3 is 2.44 bits per heavy atom. The van der Waals surface area contributed by atoms with Crippen LogP contribution in [0.4, 0.5) is 10.5 Å². The molecular weight excluding hydrogens is 458 g/mol. The van der Waals surface area contributed by atoms with Crippen LogP contribution in [0.15, 0.2) is 67.3 Å². The largest absolute Gasteiger partial charge is 0.445 e. The first-order valence-electron chi connectivity index (χ1n) is 12.5. The number of piperidine rings is 1. The van der Waals surface area contributed by atoms with E-state index in [1.165, 1.54) is 17.7 Å². The van der Waals surface area contributed by atoms with E-state index in [-0.39, 0.29) is 24.3 Å². The molecule has 36 heavy (non-hydrogen) atoms. The molecule has 8 heteroatoms. The highest BCUT2D eigenvalue weighted by molar-refractivity contribution is 5.82. The van der Waals surface area contributed by atoms with E-state index in [0.717, 1.165) is 32.5 Å². The molecular formula is C28H33N3O5. The van der Waals surface area contributed by atoms with Crippen molar-refractivity contribution in [3.05, 3.63) is 88.5 Å². The molecule has 1 aliphatic carbocycles. The van der Waals surface area contributed by atoms with Gasteiger partial charge in [-0.2, -0.15) is 0 Å². The number of nitro groups is 1. The summed E-state index contributed by atoms with van der Waals surface area (Å²) in [6.45, 7) is 6.86. The third kappa shape index (κ3) is 6.37. The number of likely N-dealkylation sites (tertiary alicyclic amines) is 1. The Balaban J connectivity index is 1.29. The van der Waals surface area contributed by atoms with Crippen molar-refractivity contribution in [3.8, 4) is 0 Å². The van der Waals surface area contributed by atoms with Gasteiger partial charge in [-0.05, 0) is 47.9 Å². The molecule has 2 aromatic carbocycles. The maximum atomic E-state index is 12.9. The standard InChI is InChI=1S/C28H33N3O5/c1-2-14-30(28(33)36-20-21-8-10-25(11-9-21)31(34)35)24-12-15-29(16-13-24)19-23-17-26(32)18-27(23)22-6-4-3-5-7-22/h2-11,23-24,27H,1,12-20H2. The van der Waals surface area contributed by atoms with Crippen LogP contribution in [0.2, 0.25) is 0 Å². The fourth-order valence-corrected chi connectivity index (χ4v) is 5.41. The van der Waals surface area contributed by atoms with E-state index in [1.54, 1.807) is 23.1 Å². The molecule has 2 aliphatic rings. The molecule has 0 N–H and O–H groups in total. The van der Waals surface area contributed by atoms with Crippen LogP contribution in [0.3, 0.4) is 0 Å². The number of ketones is 1. The third-order valence-corrected chi connectivity index (χ3v) is 7.29. The lowest BCUT2D eigenvalue weighted by atomic mass is 9.88. The minimum atomic E-state index is -0.458.